The van der Waals surface area contributed by atoms with Gasteiger partial charge >= 0.3 is 5.97 Å². The van der Waals surface area contributed by atoms with Gasteiger partial charge in [0.15, 0.2) is 0 Å². The van der Waals surface area contributed by atoms with Crippen molar-refractivity contribution in [3.8, 4) is 0 Å². The zero-order valence-corrected chi connectivity index (χ0v) is 15.1. The Bertz CT molecular complexity index is 331. The summed E-state index contributed by atoms with van der Waals surface area (Å²) < 4.78 is 0.411. The number of likely N-dealkylation sites (tertiary alicyclic amines) is 1. The number of rotatable bonds is 7. The first-order chi connectivity index (χ1) is 9.66. The normalized spacial score (nSPS) is 22.8. The number of piperidine rings is 1. The molecule has 1 saturated heterocycles. The van der Waals surface area contributed by atoms with Gasteiger partial charge in [-0.05, 0) is 40.5 Å². The average Bonchev–Trinajstić information content (AvgIpc) is 2.36. The molecule has 0 atom stereocenters. The third-order valence-corrected chi connectivity index (χ3v) is 5.66. The average molecular weight is 298 g/mol. The smallest absolute Gasteiger partial charge is 0.276 e. The van der Waals surface area contributed by atoms with E-state index in [1.54, 1.807) is 0 Å². The lowest BCUT2D eigenvalue weighted by Crippen LogP contribution is -2.71. The van der Waals surface area contributed by atoms with Crippen molar-refractivity contribution in [3.05, 3.63) is 0 Å². The fourth-order valence-electron chi connectivity index (χ4n) is 3.57. The van der Waals surface area contributed by atoms with E-state index in [1.807, 2.05) is 0 Å². The van der Waals surface area contributed by atoms with E-state index in [-0.39, 0.29) is 17.0 Å². The largest absolute Gasteiger partial charge is 0.366 e. The molecule has 3 nitrogen and oxygen atoms in total. The standard InChI is InChI=1S/C18H36NO2/c1-7-8-9-10-11-13-16(20)21-19(6)17(2,3)14-12-15-18(19,4)5/h7-15H2,1-6H3/q+1. The van der Waals surface area contributed by atoms with Gasteiger partial charge < -0.3 is 0 Å². The van der Waals surface area contributed by atoms with Gasteiger partial charge in [0.1, 0.15) is 18.1 Å². The highest BCUT2D eigenvalue weighted by atomic mass is 16.8. The Morgan fingerprint density at radius 3 is 2.05 bits per heavy atom. The fourth-order valence-corrected chi connectivity index (χ4v) is 3.57. The van der Waals surface area contributed by atoms with Gasteiger partial charge in [-0.25, -0.2) is 4.79 Å². The highest BCUT2D eigenvalue weighted by molar-refractivity contribution is 5.68. The van der Waals surface area contributed by atoms with E-state index in [2.05, 4.69) is 41.7 Å². The number of unbranched alkanes of at least 4 members (excludes halogenated alkanes) is 4. The number of nitrogens with zero attached hydrogens (tertiary/aromatic N) is 1. The fraction of sp³-hybridized carbons (Fsp3) is 0.944. The van der Waals surface area contributed by atoms with Crippen LogP contribution in [0.1, 0.15) is 92.4 Å². The molecule has 0 saturated carbocycles. The molecule has 0 unspecified atom stereocenters. The topological polar surface area (TPSA) is 26.3 Å². The third kappa shape index (κ3) is 4.21. The van der Waals surface area contributed by atoms with Crippen LogP contribution < -0.4 is 0 Å². The second kappa shape index (κ2) is 7.13. The van der Waals surface area contributed by atoms with E-state index in [0.717, 1.165) is 25.7 Å². The molecule has 0 aliphatic carbocycles. The molecule has 1 aliphatic heterocycles. The maximum atomic E-state index is 12.3. The number of carbonyl (C=O) groups is 1. The number of hydrogen-bond donors (Lipinski definition) is 0. The Labute approximate surface area is 131 Å². The van der Waals surface area contributed by atoms with Crippen molar-refractivity contribution in [1.29, 1.82) is 0 Å². The minimum Gasteiger partial charge on any atom is -0.276 e. The zero-order valence-electron chi connectivity index (χ0n) is 15.1. The molecule has 0 aromatic carbocycles. The van der Waals surface area contributed by atoms with Crippen LogP contribution in [-0.2, 0) is 9.63 Å². The van der Waals surface area contributed by atoms with E-state index in [9.17, 15) is 4.79 Å². The minimum atomic E-state index is -0.0305. The Morgan fingerprint density at radius 2 is 1.52 bits per heavy atom. The summed E-state index contributed by atoms with van der Waals surface area (Å²) in [4.78, 5) is 18.3. The quantitative estimate of drug-likeness (QED) is 0.489. The number of hydrogen-bond acceptors (Lipinski definition) is 2. The third-order valence-electron chi connectivity index (χ3n) is 5.66. The number of hydroxylamine groups is 3. The predicted molar refractivity (Wildman–Crippen MR) is 87.7 cm³/mol. The Kier molecular flexibility index (Phi) is 6.27. The molecule has 1 rings (SSSR count). The first kappa shape index (κ1) is 18.5. The van der Waals surface area contributed by atoms with Crippen molar-refractivity contribution in [2.75, 3.05) is 7.05 Å². The summed E-state index contributed by atoms with van der Waals surface area (Å²) in [6, 6.07) is 0. The molecule has 0 aromatic heterocycles. The second-order valence-electron chi connectivity index (χ2n) is 8.03. The molecule has 0 amide bonds. The van der Waals surface area contributed by atoms with E-state index in [4.69, 9.17) is 4.84 Å². The summed E-state index contributed by atoms with van der Waals surface area (Å²) in [6.45, 7) is 11.1. The minimum absolute atomic E-state index is 0.0143. The lowest BCUT2D eigenvalue weighted by Gasteiger charge is -2.55. The molecular weight excluding hydrogens is 262 g/mol. The maximum absolute atomic E-state index is 12.3. The van der Waals surface area contributed by atoms with Gasteiger partial charge in [-0.15, -0.1) is 4.65 Å². The van der Waals surface area contributed by atoms with Gasteiger partial charge in [-0.2, -0.15) is 0 Å². The summed E-state index contributed by atoms with van der Waals surface area (Å²) in [5, 5.41) is 0. The van der Waals surface area contributed by atoms with Gasteiger partial charge in [-0.1, -0.05) is 32.6 Å². The Hall–Kier alpha value is -0.570. The molecule has 0 spiro atoms. The van der Waals surface area contributed by atoms with E-state index >= 15 is 0 Å². The van der Waals surface area contributed by atoms with Crippen LogP contribution in [-0.4, -0.2) is 28.7 Å². The van der Waals surface area contributed by atoms with Crippen LogP contribution in [0, 0.1) is 0 Å². The number of carbonyl (C=O) groups excluding carboxylic acids is 1. The van der Waals surface area contributed by atoms with Crippen LogP contribution in [0.4, 0.5) is 0 Å². The van der Waals surface area contributed by atoms with Gasteiger partial charge in [0.05, 0.1) is 6.42 Å². The van der Waals surface area contributed by atoms with E-state index in [0.29, 0.717) is 11.1 Å². The first-order valence-corrected chi connectivity index (χ1v) is 8.75. The van der Waals surface area contributed by atoms with Crippen molar-refractivity contribution in [1.82, 2.24) is 0 Å². The van der Waals surface area contributed by atoms with Gasteiger partial charge in [0.25, 0.3) is 0 Å². The molecule has 1 fully saturated rings. The van der Waals surface area contributed by atoms with Crippen LogP contribution in [0.2, 0.25) is 0 Å². The lowest BCUT2D eigenvalue weighted by atomic mass is 9.79. The maximum Gasteiger partial charge on any atom is 0.366 e. The highest BCUT2D eigenvalue weighted by Gasteiger charge is 2.57. The Morgan fingerprint density at radius 1 is 1.00 bits per heavy atom. The summed E-state index contributed by atoms with van der Waals surface area (Å²) >= 11 is 0. The van der Waals surface area contributed by atoms with Crippen LogP contribution in [0.5, 0.6) is 0 Å². The molecule has 124 valence electrons. The summed E-state index contributed by atoms with van der Waals surface area (Å²) in [5.41, 5.74) is -0.0285. The molecule has 0 radical (unpaired) electrons. The van der Waals surface area contributed by atoms with Crippen LogP contribution >= 0.6 is 0 Å². The van der Waals surface area contributed by atoms with Gasteiger partial charge in [-0.3, -0.25) is 4.84 Å². The monoisotopic (exact) mass is 298 g/mol. The van der Waals surface area contributed by atoms with E-state index in [1.165, 1.54) is 25.7 Å². The molecule has 0 bridgehead atoms. The van der Waals surface area contributed by atoms with Crippen molar-refractivity contribution in [2.45, 2.75) is 103 Å². The van der Waals surface area contributed by atoms with Gasteiger partial charge in [0.2, 0.25) is 0 Å². The summed E-state index contributed by atoms with van der Waals surface area (Å²) in [6.07, 6.45) is 9.82. The van der Waals surface area contributed by atoms with Crippen LogP contribution in [0.15, 0.2) is 0 Å². The molecule has 1 heterocycles. The second-order valence-corrected chi connectivity index (χ2v) is 8.03. The summed E-state index contributed by atoms with van der Waals surface area (Å²) in [5.74, 6) is -0.0305. The van der Waals surface area contributed by atoms with Crippen LogP contribution in [0.3, 0.4) is 0 Å². The van der Waals surface area contributed by atoms with Gasteiger partial charge in [0, 0.05) is 12.8 Å². The van der Waals surface area contributed by atoms with E-state index < -0.39 is 0 Å². The number of quaternary nitrogens is 1. The molecule has 21 heavy (non-hydrogen) atoms. The molecule has 0 N–H and O–H groups in total. The Balaban J connectivity index is 2.58. The highest BCUT2D eigenvalue weighted by Crippen LogP contribution is 2.44. The van der Waals surface area contributed by atoms with Crippen molar-refractivity contribution < 1.29 is 14.3 Å². The first-order valence-electron chi connectivity index (χ1n) is 8.75. The molecule has 1 aliphatic rings. The van der Waals surface area contributed by atoms with Crippen LogP contribution in [0.25, 0.3) is 0 Å². The molecule has 0 aromatic rings. The lowest BCUT2D eigenvalue weighted by molar-refractivity contribution is -1.15. The predicted octanol–water partition coefficient (Wildman–Crippen LogP) is 4.99. The van der Waals surface area contributed by atoms with Crippen molar-refractivity contribution in [2.24, 2.45) is 0 Å². The summed E-state index contributed by atoms with van der Waals surface area (Å²) in [7, 11) is 2.09. The molecule has 3 heteroatoms. The molecular formula is C18H36NO2+. The van der Waals surface area contributed by atoms with Crippen molar-refractivity contribution >= 4 is 5.97 Å². The van der Waals surface area contributed by atoms with Crippen molar-refractivity contribution in [3.63, 3.8) is 0 Å². The zero-order chi connectivity index (χ0) is 16.1. The SMILES string of the molecule is CCCCCCCC(=O)O[N+]1(C)C(C)(C)CCCC1(C)C.